The summed E-state index contributed by atoms with van der Waals surface area (Å²) >= 11 is 0. The third-order valence-electron chi connectivity index (χ3n) is 5.42. The molecule has 33 heavy (non-hydrogen) atoms. The summed E-state index contributed by atoms with van der Waals surface area (Å²) in [5, 5.41) is 3.25. The van der Waals surface area contributed by atoms with Gasteiger partial charge < -0.3 is 23.9 Å². The number of carbonyl (C=O) groups is 1. The van der Waals surface area contributed by atoms with Crippen LogP contribution >= 0.6 is 0 Å². The summed E-state index contributed by atoms with van der Waals surface area (Å²) in [7, 11) is 0. The average Bonchev–Trinajstić information content (AvgIpc) is 3.27. The molecule has 0 saturated carbocycles. The Balaban J connectivity index is 1.35. The molecule has 3 aromatic carbocycles. The number of benzene rings is 3. The quantitative estimate of drug-likeness (QED) is 0.472. The van der Waals surface area contributed by atoms with Gasteiger partial charge in [0.05, 0.1) is 10.9 Å². The summed E-state index contributed by atoms with van der Waals surface area (Å²) in [6.07, 6.45) is -0.788. The lowest BCUT2D eigenvalue weighted by atomic mass is 10.0. The number of nitrogens with one attached hydrogen (secondary N) is 1. The van der Waals surface area contributed by atoms with E-state index in [0.717, 1.165) is 5.56 Å². The van der Waals surface area contributed by atoms with Gasteiger partial charge in [0.25, 0.3) is 5.91 Å². The number of rotatable bonds is 5. The maximum absolute atomic E-state index is 13.1. The second-order valence-electron chi connectivity index (χ2n) is 7.70. The van der Waals surface area contributed by atoms with Crippen LogP contribution in [0.25, 0.3) is 22.1 Å². The number of anilines is 1. The molecule has 166 valence electrons. The fourth-order valence-electron chi connectivity index (χ4n) is 3.77. The average molecular weight is 443 g/mol. The molecular formula is C26H21NO6. The highest BCUT2D eigenvalue weighted by atomic mass is 16.7. The predicted octanol–water partition coefficient (Wildman–Crippen LogP) is 4.90. The maximum Gasteiger partial charge on any atom is 0.265 e. The third-order valence-corrected chi connectivity index (χ3v) is 5.42. The van der Waals surface area contributed by atoms with Gasteiger partial charge in [-0.2, -0.15) is 0 Å². The van der Waals surface area contributed by atoms with Crippen molar-refractivity contribution in [1.29, 1.82) is 0 Å². The Kier molecular flexibility index (Phi) is 5.22. The van der Waals surface area contributed by atoms with Gasteiger partial charge in [0, 0.05) is 17.8 Å². The molecule has 0 aliphatic carbocycles. The third kappa shape index (κ3) is 4.01. The second kappa shape index (κ2) is 8.35. The molecule has 5 rings (SSSR count). The first-order valence-corrected chi connectivity index (χ1v) is 10.5. The second-order valence-corrected chi connectivity index (χ2v) is 7.70. The van der Waals surface area contributed by atoms with E-state index in [4.69, 9.17) is 18.6 Å². The van der Waals surface area contributed by atoms with Crippen molar-refractivity contribution in [2.75, 3.05) is 12.1 Å². The van der Waals surface area contributed by atoms with Crippen LogP contribution < -0.4 is 25.0 Å². The molecule has 0 bridgehead atoms. The summed E-state index contributed by atoms with van der Waals surface area (Å²) in [6.45, 7) is 3.57. The van der Waals surface area contributed by atoms with Crippen LogP contribution in [0, 0.1) is 6.92 Å². The molecule has 4 aromatic rings. The summed E-state index contributed by atoms with van der Waals surface area (Å²) in [5.41, 5.74) is 2.21. The lowest BCUT2D eigenvalue weighted by molar-refractivity contribution is -0.122. The number of aryl methyl sites for hydroxylation is 1. The Morgan fingerprint density at radius 3 is 2.61 bits per heavy atom. The van der Waals surface area contributed by atoms with Gasteiger partial charge in [-0.3, -0.25) is 9.59 Å². The van der Waals surface area contributed by atoms with Crippen molar-refractivity contribution in [2.45, 2.75) is 20.0 Å². The smallest absolute Gasteiger partial charge is 0.265 e. The minimum absolute atomic E-state index is 0.111. The minimum atomic E-state index is -0.788. The van der Waals surface area contributed by atoms with Gasteiger partial charge >= 0.3 is 0 Å². The van der Waals surface area contributed by atoms with E-state index in [1.165, 1.54) is 0 Å². The van der Waals surface area contributed by atoms with Crippen LogP contribution in [-0.4, -0.2) is 18.8 Å². The maximum atomic E-state index is 13.1. The molecule has 1 unspecified atom stereocenters. The van der Waals surface area contributed by atoms with Crippen molar-refractivity contribution in [3.63, 3.8) is 0 Å². The van der Waals surface area contributed by atoms with Crippen LogP contribution in [0.4, 0.5) is 5.69 Å². The van der Waals surface area contributed by atoms with Crippen LogP contribution in [0.3, 0.4) is 0 Å². The minimum Gasteiger partial charge on any atom is -0.481 e. The van der Waals surface area contributed by atoms with Gasteiger partial charge in [-0.25, -0.2) is 0 Å². The van der Waals surface area contributed by atoms with Crippen LogP contribution in [0.5, 0.6) is 17.2 Å². The molecule has 7 heteroatoms. The molecule has 1 aliphatic heterocycles. The highest BCUT2D eigenvalue weighted by Gasteiger charge is 2.19. The molecule has 0 fully saturated rings. The fraction of sp³-hybridized carbons (Fsp3) is 0.154. The van der Waals surface area contributed by atoms with Crippen LogP contribution in [0.1, 0.15) is 12.7 Å². The lowest BCUT2D eigenvalue weighted by Gasteiger charge is -2.15. The predicted molar refractivity (Wildman–Crippen MR) is 124 cm³/mol. The highest BCUT2D eigenvalue weighted by molar-refractivity contribution is 5.94. The zero-order chi connectivity index (χ0) is 22.9. The molecule has 2 heterocycles. The summed E-state index contributed by atoms with van der Waals surface area (Å²) in [5.74, 6) is 1.83. The molecule has 0 saturated heterocycles. The molecule has 7 nitrogen and oxygen atoms in total. The van der Waals surface area contributed by atoms with Gasteiger partial charge in [0.1, 0.15) is 17.1 Å². The monoisotopic (exact) mass is 443 g/mol. The highest BCUT2D eigenvalue weighted by Crippen LogP contribution is 2.34. The number of hydrogen-bond donors (Lipinski definition) is 1. The van der Waals surface area contributed by atoms with E-state index in [0.29, 0.717) is 45.2 Å². The van der Waals surface area contributed by atoms with Gasteiger partial charge in [-0.1, -0.05) is 30.3 Å². The van der Waals surface area contributed by atoms with E-state index in [-0.39, 0.29) is 18.1 Å². The van der Waals surface area contributed by atoms with Gasteiger partial charge in [-0.05, 0) is 43.7 Å². The number of amides is 1. The van der Waals surface area contributed by atoms with Crippen LogP contribution in [0.15, 0.2) is 75.9 Å². The summed E-state index contributed by atoms with van der Waals surface area (Å²) < 4.78 is 22.4. The number of hydrogen-bond acceptors (Lipinski definition) is 6. The van der Waals surface area contributed by atoms with Crippen molar-refractivity contribution in [3.8, 4) is 28.4 Å². The summed E-state index contributed by atoms with van der Waals surface area (Å²) in [4.78, 5) is 25.7. The first kappa shape index (κ1) is 20.6. The van der Waals surface area contributed by atoms with Gasteiger partial charge in [0.15, 0.2) is 17.6 Å². The van der Waals surface area contributed by atoms with Crippen molar-refractivity contribution in [1.82, 2.24) is 0 Å². The molecular weight excluding hydrogens is 422 g/mol. The lowest BCUT2D eigenvalue weighted by Crippen LogP contribution is -2.30. The van der Waals surface area contributed by atoms with E-state index in [2.05, 4.69) is 5.32 Å². The van der Waals surface area contributed by atoms with Crippen molar-refractivity contribution in [3.05, 3.63) is 82.7 Å². The van der Waals surface area contributed by atoms with Crippen molar-refractivity contribution >= 4 is 22.6 Å². The molecule has 0 radical (unpaired) electrons. The molecule has 1 amide bonds. The molecule has 1 atom stereocenters. The largest absolute Gasteiger partial charge is 0.481 e. The van der Waals surface area contributed by atoms with E-state index < -0.39 is 6.10 Å². The standard InChI is InChI=1S/C26H21NO6/c1-15-24(17-6-4-3-5-7-17)25(28)20-10-9-19(13-22(20)33-15)32-16(2)26(29)27-18-8-11-21-23(12-18)31-14-30-21/h3-13,16H,14H2,1-2H3,(H,27,29). The van der Waals surface area contributed by atoms with Crippen molar-refractivity contribution < 1.29 is 23.4 Å². The zero-order valence-corrected chi connectivity index (χ0v) is 18.1. The molecule has 1 aromatic heterocycles. The van der Waals surface area contributed by atoms with Crippen LogP contribution in [-0.2, 0) is 4.79 Å². The molecule has 1 N–H and O–H groups in total. The van der Waals surface area contributed by atoms with E-state index in [1.54, 1.807) is 50.2 Å². The SMILES string of the molecule is Cc1oc2cc(OC(C)C(=O)Nc3ccc4c(c3)OCO4)ccc2c(=O)c1-c1ccccc1. The van der Waals surface area contributed by atoms with E-state index in [1.807, 2.05) is 30.3 Å². The van der Waals surface area contributed by atoms with Gasteiger partial charge in [-0.15, -0.1) is 0 Å². The van der Waals surface area contributed by atoms with Crippen molar-refractivity contribution in [2.24, 2.45) is 0 Å². The Labute approximate surface area is 189 Å². The molecule has 0 spiro atoms. The first-order valence-electron chi connectivity index (χ1n) is 10.5. The molecule has 1 aliphatic rings. The zero-order valence-electron chi connectivity index (χ0n) is 18.1. The Morgan fingerprint density at radius 1 is 1.00 bits per heavy atom. The van der Waals surface area contributed by atoms with E-state index >= 15 is 0 Å². The Morgan fingerprint density at radius 2 is 1.79 bits per heavy atom. The van der Waals surface area contributed by atoms with E-state index in [9.17, 15) is 9.59 Å². The summed E-state index contributed by atoms with van der Waals surface area (Å²) in [6, 6.07) is 19.5. The van der Waals surface area contributed by atoms with Gasteiger partial charge in [0.2, 0.25) is 12.2 Å². The normalized spacial score (nSPS) is 13.0. The number of fused-ring (bicyclic) bond motifs is 2. The number of carbonyl (C=O) groups excluding carboxylic acids is 1. The Bertz CT molecular complexity index is 1410. The fourth-order valence-corrected chi connectivity index (χ4v) is 3.77. The first-order chi connectivity index (χ1) is 16.0. The number of ether oxygens (including phenoxy) is 3. The Hall–Kier alpha value is -4.26. The van der Waals surface area contributed by atoms with Crippen LogP contribution in [0.2, 0.25) is 0 Å². The topological polar surface area (TPSA) is 87.0 Å².